The highest BCUT2D eigenvalue weighted by atomic mass is 19.1. The predicted molar refractivity (Wildman–Crippen MR) is 101 cm³/mol. The summed E-state index contributed by atoms with van der Waals surface area (Å²) >= 11 is 0. The highest BCUT2D eigenvalue weighted by Gasteiger charge is 2.37. The van der Waals surface area contributed by atoms with E-state index in [4.69, 9.17) is 4.74 Å². The lowest BCUT2D eigenvalue weighted by Crippen LogP contribution is -2.47. The van der Waals surface area contributed by atoms with Crippen molar-refractivity contribution < 1.29 is 18.7 Å². The van der Waals surface area contributed by atoms with Gasteiger partial charge in [0.15, 0.2) is 0 Å². The number of ether oxygens (including phenoxy) is 1. The summed E-state index contributed by atoms with van der Waals surface area (Å²) in [4.78, 5) is 29.1. The molecule has 2 heterocycles. The Kier molecular flexibility index (Phi) is 5.72. The van der Waals surface area contributed by atoms with Crippen LogP contribution in [0.3, 0.4) is 0 Å². The van der Waals surface area contributed by atoms with Crippen molar-refractivity contribution in [3.63, 3.8) is 0 Å². The fourth-order valence-electron chi connectivity index (χ4n) is 3.97. The van der Waals surface area contributed by atoms with E-state index in [2.05, 4.69) is 0 Å². The third-order valence-electron chi connectivity index (χ3n) is 5.21. The first-order valence-electron chi connectivity index (χ1n) is 9.78. The Morgan fingerprint density at radius 1 is 1.07 bits per heavy atom. The summed E-state index contributed by atoms with van der Waals surface area (Å²) in [7, 11) is 0. The predicted octanol–water partition coefficient (Wildman–Crippen LogP) is 4.14. The first kappa shape index (κ1) is 19.6. The van der Waals surface area contributed by atoms with Crippen LogP contribution in [0.25, 0.3) is 0 Å². The van der Waals surface area contributed by atoms with Gasteiger partial charge in [0.2, 0.25) is 5.91 Å². The molecule has 148 valence electrons. The summed E-state index contributed by atoms with van der Waals surface area (Å²) in [5.74, 6) is -0.377. The fourth-order valence-corrected chi connectivity index (χ4v) is 3.97. The molecule has 3 rings (SSSR count). The third-order valence-corrected chi connectivity index (χ3v) is 5.21. The van der Waals surface area contributed by atoms with Crippen LogP contribution in [-0.2, 0) is 9.53 Å². The Hall–Kier alpha value is -2.11. The van der Waals surface area contributed by atoms with Crippen molar-refractivity contribution in [2.45, 2.75) is 58.1 Å². The van der Waals surface area contributed by atoms with Gasteiger partial charge in [0.1, 0.15) is 11.4 Å². The number of rotatable bonds is 2. The normalized spacial score (nSPS) is 23.4. The maximum Gasteiger partial charge on any atom is 0.410 e. The Labute approximate surface area is 160 Å². The van der Waals surface area contributed by atoms with Gasteiger partial charge in [-0.25, -0.2) is 9.18 Å². The smallest absolute Gasteiger partial charge is 0.410 e. The molecule has 0 saturated carbocycles. The minimum atomic E-state index is -0.545. The Morgan fingerprint density at radius 2 is 1.74 bits per heavy atom. The largest absolute Gasteiger partial charge is 0.444 e. The zero-order valence-corrected chi connectivity index (χ0v) is 16.4. The van der Waals surface area contributed by atoms with Crippen LogP contribution in [0.1, 0.15) is 58.1 Å². The molecule has 0 bridgehead atoms. The number of carbonyl (C=O) groups is 2. The van der Waals surface area contributed by atoms with Gasteiger partial charge in [-0.15, -0.1) is 0 Å². The molecule has 2 aliphatic heterocycles. The number of nitrogens with zero attached hydrogens (tertiary/aromatic N) is 2. The summed E-state index contributed by atoms with van der Waals surface area (Å²) in [5.41, 5.74) is 0.429. The van der Waals surface area contributed by atoms with Crippen molar-refractivity contribution in [3.05, 3.63) is 35.6 Å². The first-order valence-corrected chi connectivity index (χ1v) is 9.78. The van der Waals surface area contributed by atoms with E-state index in [1.165, 1.54) is 12.1 Å². The molecule has 27 heavy (non-hydrogen) atoms. The van der Waals surface area contributed by atoms with Crippen molar-refractivity contribution in [3.8, 4) is 0 Å². The third kappa shape index (κ3) is 4.79. The van der Waals surface area contributed by atoms with Gasteiger partial charge in [0, 0.05) is 19.6 Å². The van der Waals surface area contributed by atoms with Gasteiger partial charge in [-0.2, -0.15) is 0 Å². The zero-order valence-electron chi connectivity index (χ0n) is 16.4. The number of likely N-dealkylation sites (tertiary alicyclic amines) is 2. The first-order chi connectivity index (χ1) is 12.7. The molecule has 0 radical (unpaired) electrons. The number of hydrogen-bond donors (Lipinski definition) is 0. The van der Waals surface area contributed by atoms with E-state index < -0.39 is 5.60 Å². The molecule has 0 aliphatic carbocycles. The van der Waals surface area contributed by atoms with Crippen LogP contribution in [0.2, 0.25) is 0 Å². The van der Waals surface area contributed by atoms with Crippen LogP contribution in [0.4, 0.5) is 9.18 Å². The van der Waals surface area contributed by atoms with Gasteiger partial charge in [-0.3, -0.25) is 4.79 Å². The molecule has 2 atom stereocenters. The van der Waals surface area contributed by atoms with Crippen LogP contribution in [0.15, 0.2) is 24.3 Å². The highest BCUT2D eigenvalue weighted by Crippen LogP contribution is 2.34. The molecule has 1 aromatic rings. The second-order valence-electron chi connectivity index (χ2n) is 8.51. The SMILES string of the molecule is CC(C)(C)OC(=O)N1CCCC(C(=O)N2CCCC2c2ccc(F)cc2)C1. The molecule has 0 aromatic heterocycles. The van der Waals surface area contributed by atoms with Crippen molar-refractivity contribution in [2.75, 3.05) is 19.6 Å². The summed E-state index contributed by atoms with van der Waals surface area (Å²) in [5, 5.41) is 0. The molecule has 2 amide bonds. The van der Waals surface area contributed by atoms with Crippen molar-refractivity contribution in [2.24, 2.45) is 5.92 Å². The number of carbonyl (C=O) groups excluding carboxylic acids is 2. The number of piperidine rings is 1. The Bertz CT molecular complexity index is 684. The number of benzene rings is 1. The number of amides is 2. The molecule has 0 spiro atoms. The molecule has 5 nitrogen and oxygen atoms in total. The van der Waals surface area contributed by atoms with Crippen molar-refractivity contribution >= 4 is 12.0 Å². The van der Waals surface area contributed by atoms with Crippen molar-refractivity contribution in [1.82, 2.24) is 9.80 Å². The highest BCUT2D eigenvalue weighted by molar-refractivity contribution is 5.81. The van der Waals surface area contributed by atoms with Crippen molar-refractivity contribution in [1.29, 1.82) is 0 Å². The van der Waals surface area contributed by atoms with Gasteiger partial charge >= 0.3 is 6.09 Å². The summed E-state index contributed by atoms with van der Waals surface area (Å²) in [6.07, 6.45) is 3.06. The van der Waals surface area contributed by atoms with E-state index in [9.17, 15) is 14.0 Å². The molecule has 1 aromatic carbocycles. The molecule has 6 heteroatoms. The Morgan fingerprint density at radius 3 is 2.41 bits per heavy atom. The van der Waals surface area contributed by atoms with E-state index in [1.807, 2.05) is 25.7 Å². The number of hydrogen-bond acceptors (Lipinski definition) is 3. The number of halogens is 1. The lowest BCUT2D eigenvalue weighted by Gasteiger charge is -2.36. The van der Waals surface area contributed by atoms with Crippen LogP contribution in [-0.4, -0.2) is 47.0 Å². The molecule has 2 fully saturated rings. The van der Waals surface area contributed by atoms with E-state index in [0.29, 0.717) is 19.6 Å². The van der Waals surface area contributed by atoms with Crippen LogP contribution < -0.4 is 0 Å². The van der Waals surface area contributed by atoms with Gasteiger partial charge in [0.25, 0.3) is 0 Å². The molecular formula is C21H29FN2O3. The van der Waals surface area contributed by atoms with Gasteiger partial charge < -0.3 is 14.5 Å². The van der Waals surface area contributed by atoms with E-state index >= 15 is 0 Å². The Balaban J connectivity index is 1.67. The van der Waals surface area contributed by atoms with Gasteiger partial charge in [-0.1, -0.05) is 12.1 Å². The standard InChI is InChI=1S/C21H29FN2O3/c1-21(2,3)27-20(26)23-12-4-6-16(14-23)19(25)24-13-5-7-18(24)15-8-10-17(22)11-9-15/h8-11,16,18H,4-7,12-14H2,1-3H3. The van der Waals surface area contributed by atoms with Crippen LogP contribution in [0.5, 0.6) is 0 Å². The molecule has 2 aliphatic rings. The molecule has 2 saturated heterocycles. The van der Waals surface area contributed by atoms with E-state index in [1.54, 1.807) is 17.0 Å². The maximum absolute atomic E-state index is 13.2. The fraction of sp³-hybridized carbons (Fsp3) is 0.619. The summed E-state index contributed by atoms with van der Waals surface area (Å²) < 4.78 is 18.7. The lowest BCUT2D eigenvalue weighted by atomic mass is 9.95. The zero-order chi connectivity index (χ0) is 19.6. The average molecular weight is 376 g/mol. The van der Waals surface area contributed by atoms with Gasteiger partial charge in [0.05, 0.1) is 12.0 Å². The molecule has 0 N–H and O–H groups in total. The molecular weight excluding hydrogens is 347 g/mol. The molecule has 2 unspecified atom stereocenters. The second-order valence-corrected chi connectivity index (χ2v) is 8.51. The van der Waals surface area contributed by atoms with Gasteiger partial charge in [-0.05, 0) is 64.2 Å². The van der Waals surface area contributed by atoms with Crippen LogP contribution >= 0.6 is 0 Å². The quantitative estimate of drug-likeness (QED) is 0.780. The van der Waals surface area contributed by atoms with Crippen LogP contribution in [0, 0.1) is 11.7 Å². The minimum Gasteiger partial charge on any atom is -0.444 e. The monoisotopic (exact) mass is 376 g/mol. The summed E-state index contributed by atoms with van der Waals surface area (Å²) in [6, 6.07) is 6.41. The second kappa shape index (κ2) is 7.87. The van der Waals surface area contributed by atoms with E-state index in [0.717, 1.165) is 31.2 Å². The topological polar surface area (TPSA) is 49.9 Å². The minimum absolute atomic E-state index is 0.00463. The van der Waals surface area contributed by atoms with E-state index in [-0.39, 0.29) is 29.8 Å². The lowest BCUT2D eigenvalue weighted by molar-refractivity contribution is -0.138. The maximum atomic E-state index is 13.2. The summed E-state index contributed by atoms with van der Waals surface area (Å²) in [6.45, 7) is 7.27. The average Bonchev–Trinajstić information content (AvgIpc) is 3.10.